The lowest BCUT2D eigenvalue weighted by atomic mass is 9.75. The summed E-state index contributed by atoms with van der Waals surface area (Å²) in [5.74, 6) is 0. The molecule has 3 heterocycles. The van der Waals surface area contributed by atoms with E-state index in [1.807, 2.05) is 0 Å². The van der Waals surface area contributed by atoms with Gasteiger partial charge in [0.05, 0.1) is 12.2 Å². The summed E-state index contributed by atoms with van der Waals surface area (Å²) < 4.78 is 5.85. The van der Waals surface area contributed by atoms with Crippen molar-refractivity contribution in [3.8, 4) is 0 Å². The average Bonchev–Trinajstić information content (AvgIpc) is 2.00. The number of rotatable bonds is 1. The van der Waals surface area contributed by atoms with Crippen LogP contribution in [0, 0.1) is 5.41 Å². The molecule has 2 heteroatoms. The summed E-state index contributed by atoms with van der Waals surface area (Å²) >= 11 is 0. The second kappa shape index (κ2) is 3.21. The van der Waals surface area contributed by atoms with Crippen LogP contribution in [-0.4, -0.2) is 35.7 Å². The van der Waals surface area contributed by atoms with Crippen LogP contribution in [0.15, 0.2) is 0 Å². The van der Waals surface area contributed by atoms with E-state index in [9.17, 15) is 0 Å². The van der Waals surface area contributed by atoms with Crippen molar-refractivity contribution in [3.63, 3.8) is 0 Å². The maximum absolute atomic E-state index is 5.85. The van der Waals surface area contributed by atoms with E-state index in [0.29, 0.717) is 29.7 Å². The molecule has 3 aliphatic heterocycles. The molecule has 0 radical (unpaired) electrons. The van der Waals surface area contributed by atoms with Crippen molar-refractivity contribution < 1.29 is 4.74 Å². The first-order valence-corrected chi connectivity index (χ1v) is 5.81. The van der Waals surface area contributed by atoms with Crippen LogP contribution < -0.4 is 0 Å². The quantitative estimate of drug-likeness (QED) is 0.639. The molecule has 3 aliphatic rings. The molecule has 0 amide bonds. The molecule has 0 saturated carbocycles. The average molecular weight is 197 g/mol. The van der Waals surface area contributed by atoms with Crippen molar-refractivity contribution in [1.82, 2.24) is 4.90 Å². The Bertz CT molecular complexity index is 213. The first-order valence-electron chi connectivity index (χ1n) is 5.81. The van der Waals surface area contributed by atoms with Gasteiger partial charge in [-0.3, -0.25) is 4.90 Å². The molecule has 82 valence electrons. The largest absolute Gasteiger partial charge is 0.372 e. The normalized spacial score (nSPS) is 38.6. The zero-order valence-corrected chi connectivity index (χ0v) is 10.1. The molecule has 0 aromatic heterocycles. The van der Waals surface area contributed by atoms with Gasteiger partial charge in [0, 0.05) is 25.0 Å². The molecule has 3 rings (SSSR count). The lowest BCUT2D eigenvalue weighted by Crippen LogP contribution is -2.68. The van der Waals surface area contributed by atoms with Gasteiger partial charge in [-0.25, -0.2) is 0 Å². The van der Waals surface area contributed by atoms with Gasteiger partial charge in [0.2, 0.25) is 0 Å². The Labute approximate surface area is 87.6 Å². The van der Waals surface area contributed by atoms with Gasteiger partial charge in [-0.05, 0) is 19.3 Å². The molecular formula is C12H23NO. The minimum absolute atomic E-state index is 0.334. The summed E-state index contributed by atoms with van der Waals surface area (Å²) in [5, 5.41) is 0. The van der Waals surface area contributed by atoms with Crippen LogP contribution in [0.3, 0.4) is 0 Å². The highest BCUT2D eigenvalue weighted by Gasteiger charge is 2.50. The fourth-order valence-electron chi connectivity index (χ4n) is 2.97. The number of ether oxygens (including phenoxy) is 1. The molecule has 0 aromatic carbocycles. The van der Waals surface area contributed by atoms with Crippen LogP contribution in [0.1, 0.15) is 41.0 Å². The van der Waals surface area contributed by atoms with Gasteiger partial charge >= 0.3 is 0 Å². The molecule has 0 N–H and O–H groups in total. The number of morpholine rings is 1. The van der Waals surface area contributed by atoms with Crippen molar-refractivity contribution in [2.75, 3.05) is 6.54 Å². The first-order chi connectivity index (χ1) is 6.39. The molecule has 0 spiro atoms. The monoisotopic (exact) mass is 197 g/mol. The Morgan fingerprint density at radius 3 is 2.21 bits per heavy atom. The van der Waals surface area contributed by atoms with E-state index in [-0.39, 0.29) is 0 Å². The van der Waals surface area contributed by atoms with E-state index in [1.165, 1.54) is 6.42 Å². The summed E-state index contributed by atoms with van der Waals surface area (Å²) in [6, 6.07) is 1.25. The number of nitrogens with zero attached hydrogens (tertiary/aromatic N) is 1. The van der Waals surface area contributed by atoms with Gasteiger partial charge in [0.1, 0.15) is 0 Å². The zero-order valence-electron chi connectivity index (χ0n) is 10.1. The van der Waals surface area contributed by atoms with E-state index in [4.69, 9.17) is 4.74 Å². The highest BCUT2D eigenvalue weighted by Crippen LogP contribution is 2.41. The van der Waals surface area contributed by atoms with Crippen LogP contribution in [0.4, 0.5) is 0 Å². The van der Waals surface area contributed by atoms with Crippen molar-refractivity contribution in [3.05, 3.63) is 0 Å². The van der Waals surface area contributed by atoms with Gasteiger partial charge in [-0.15, -0.1) is 0 Å². The third-order valence-corrected chi connectivity index (χ3v) is 3.54. The smallest absolute Gasteiger partial charge is 0.0765 e. The lowest BCUT2D eigenvalue weighted by Gasteiger charge is -2.58. The minimum atomic E-state index is 0.334. The number of fused-ring (bicyclic) bond motifs is 2. The fraction of sp³-hybridized carbons (Fsp3) is 1.00. The molecule has 3 saturated heterocycles. The van der Waals surface area contributed by atoms with Crippen molar-refractivity contribution in [2.45, 2.75) is 65.3 Å². The first kappa shape index (κ1) is 10.4. The maximum Gasteiger partial charge on any atom is 0.0765 e. The summed E-state index contributed by atoms with van der Waals surface area (Å²) in [4.78, 5) is 2.63. The van der Waals surface area contributed by atoms with E-state index in [2.05, 4.69) is 39.5 Å². The van der Waals surface area contributed by atoms with Crippen LogP contribution in [-0.2, 0) is 4.74 Å². The molecule has 3 unspecified atom stereocenters. The second-order valence-electron chi connectivity index (χ2n) is 6.13. The van der Waals surface area contributed by atoms with Crippen molar-refractivity contribution >= 4 is 0 Å². The summed E-state index contributed by atoms with van der Waals surface area (Å²) in [6.07, 6.45) is 2.31. The van der Waals surface area contributed by atoms with E-state index >= 15 is 0 Å². The molecule has 0 aliphatic carbocycles. The molecule has 2 bridgehead atoms. The van der Waals surface area contributed by atoms with Gasteiger partial charge in [0.15, 0.2) is 0 Å². The number of hydrogen-bond donors (Lipinski definition) is 0. The Balaban J connectivity index is 2.16. The third kappa shape index (κ3) is 1.59. The molecule has 3 fully saturated rings. The predicted octanol–water partition coefficient (Wildman–Crippen LogP) is 2.28. The zero-order chi connectivity index (χ0) is 10.5. The van der Waals surface area contributed by atoms with Gasteiger partial charge < -0.3 is 4.74 Å². The minimum Gasteiger partial charge on any atom is -0.372 e. The van der Waals surface area contributed by atoms with Crippen molar-refractivity contribution in [2.24, 2.45) is 5.41 Å². The third-order valence-electron chi connectivity index (χ3n) is 3.54. The van der Waals surface area contributed by atoms with E-state index < -0.39 is 0 Å². The Morgan fingerprint density at radius 1 is 1.29 bits per heavy atom. The topological polar surface area (TPSA) is 12.5 Å². The van der Waals surface area contributed by atoms with Crippen LogP contribution in [0.2, 0.25) is 0 Å². The predicted molar refractivity (Wildman–Crippen MR) is 58.4 cm³/mol. The standard InChI is InChI=1S/C12H23NO/c1-8(2)13-7-9-6-10(14-9)11(13)12(3,4)5/h8-11H,6-7H2,1-5H3. The van der Waals surface area contributed by atoms with Crippen molar-refractivity contribution in [1.29, 1.82) is 0 Å². The Morgan fingerprint density at radius 2 is 1.86 bits per heavy atom. The van der Waals surface area contributed by atoms with Gasteiger partial charge in [-0.1, -0.05) is 20.8 Å². The number of piperidine rings is 1. The fourth-order valence-corrected chi connectivity index (χ4v) is 2.97. The summed E-state index contributed by atoms with van der Waals surface area (Å²) in [6.45, 7) is 12.7. The molecule has 2 nitrogen and oxygen atoms in total. The molecule has 0 aromatic rings. The summed E-state index contributed by atoms with van der Waals surface area (Å²) in [5.41, 5.74) is 0.334. The summed E-state index contributed by atoms with van der Waals surface area (Å²) in [7, 11) is 0. The highest BCUT2D eigenvalue weighted by atomic mass is 16.5. The van der Waals surface area contributed by atoms with Crippen LogP contribution >= 0.6 is 0 Å². The molecule has 14 heavy (non-hydrogen) atoms. The Hall–Kier alpha value is -0.0800. The lowest BCUT2D eigenvalue weighted by molar-refractivity contribution is -0.234. The SMILES string of the molecule is CC(C)N1CC2CC(O2)C1C(C)(C)C. The van der Waals surface area contributed by atoms with Gasteiger partial charge in [-0.2, -0.15) is 0 Å². The second-order valence-corrected chi connectivity index (χ2v) is 6.13. The van der Waals surface area contributed by atoms with Crippen LogP contribution in [0.25, 0.3) is 0 Å². The van der Waals surface area contributed by atoms with E-state index in [0.717, 1.165) is 6.54 Å². The highest BCUT2D eigenvalue weighted by molar-refractivity contribution is 5.02. The van der Waals surface area contributed by atoms with Gasteiger partial charge in [0.25, 0.3) is 0 Å². The maximum atomic E-state index is 5.85. The molecular weight excluding hydrogens is 174 g/mol. The van der Waals surface area contributed by atoms with E-state index in [1.54, 1.807) is 0 Å². The Kier molecular flexibility index (Phi) is 2.39. The van der Waals surface area contributed by atoms with Crippen LogP contribution in [0.5, 0.6) is 0 Å². The molecule has 3 atom stereocenters. The number of hydrogen-bond acceptors (Lipinski definition) is 2.